The molecule has 0 saturated heterocycles. The lowest BCUT2D eigenvalue weighted by atomic mass is 10.2. The van der Waals surface area contributed by atoms with Crippen molar-refractivity contribution in [3.05, 3.63) is 22.4 Å². The molecule has 27 heavy (non-hydrogen) atoms. The molecule has 1 aromatic carbocycles. The summed E-state index contributed by atoms with van der Waals surface area (Å²) in [5, 5.41) is 12.4. The molecule has 4 rings (SSSR count). The molecule has 1 aliphatic heterocycles. The predicted octanol–water partition coefficient (Wildman–Crippen LogP) is 4.00. The van der Waals surface area contributed by atoms with Crippen LogP contribution in [0.4, 0.5) is 5.69 Å². The highest BCUT2D eigenvalue weighted by molar-refractivity contribution is 9.10. The van der Waals surface area contributed by atoms with Gasteiger partial charge in [0.2, 0.25) is 5.91 Å². The number of hydrogen-bond donors (Lipinski definition) is 1. The molecule has 1 aromatic heterocycles. The summed E-state index contributed by atoms with van der Waals surface area (Å²) >= 11 is 4.90. The average Bonchev–Trinajstić information content (AvgIpc) is 3.39. The van der Waals surface area contributed by atoms with Crippen molar-refractivity contribution in [1.29, 1.82) is 0 Å². The number of ether oxygens (including phenoxy) is 2. The van der Waals surface area contributed by atoms with Crippen LogP contribution in [0.1, 0.15) is 44.5 Å². The first kappa shape index (κ1) is 18.6. The molecule has 2 aliphatic rings. The first-order chi connectivity index (χ1) is 13.0. The lowest BCUT2D eigenvalue weighted by Gasteiger charge is -2.20. The minimum absolute atomic E-state index is 0.103. The van der Waals surface area contributed by atoms with Crippen LogP contribution in [0.2, 0.25) is 0 Å². The van der Waals surface area contributed by atoms with Gasteiger partial charge in [-0.1, -0.05) is 25.6 Å². The molecule has 0 atom stereocenters. The predicted molar refractivity (Wildman–Crippen MR) is 107 cm³/mol. The topological polar surface area (TPSA) is 78.3 Å². The van der Waals surface area contributed by atoms with Crippen molar-refractivity contribution in [3.8, 4) is 11.5 Å². The number of fused-ring (bicyclic) bond motifs is 1. The van der Waals surface area contributed by atoms with Crippen LogP contribution in [0.25, 0.3) is 0 Å². The van der Waals surface area contributed by atoms with Gasteiger partial charge in [0.05, 0.1) is 11.4 Å². The maximum Gasteiger partial charge on any atom is 0.234 e. The average molecular weight is 453 g/mol. The summed E-state index contributed by atoms with van der Waals surface area (Å²) in [6, 6.07) is 4.08. The van der Waals surface area contributed by atoms with E-state index in [0.29, 0.717) is 42.4 Å². The second-order valence-corrected chi connectivity index (χ2v) is 8.71. The van der Waals surface area contributed by atoms with Crippen LogP contribution in [0, 0.1) is 0 Å². The van der Waals surface area contributed by atoms with Gasteiger partial charge in [0.15, 0.2) is 16.7 Å². The summed E-state index contributed by atoms with van der Waals surface area (Å²) in [5.41, 5.74) is 0.663. The van der Waals surface area contributed by atoms with Crippen LogP contribution in [0.15, 0.2) is 21.8 Å². The second-order valence-electron chi connectivity index (χ2n) is 6.91. The summed E-state index contributed by atoms with van der Waals surface area (Å²) < 4.78 is 14.1. The van der Waals surface area contributed by atoms with Gasteiger partial charge < -0.3 is 19.4 Å². The molecule has 0 unspecified atom stereocenters. The van der Waals surface area contributed by atoms with Crippen LogP contribution < -0.4 is 14.8 Å². The van der Waals surface area contributed by atoms with E-state index in [1.165, 1.54) is 11.8 Å². The number of amides is 1. The van der Waals surface area contributed by atoms with E-state index in [0.717, 1.165) is 28.3 Å². The monoisotopic (exact) mass is 452 g/mol. The number of rotatable bonds is 6. The molecule has 144 valence electrons. The molecule has 0 bridgehead atoms. The Hall–Kier alpha value is -1.74. The third-order valence-electron chi connectivity index (χ3n) is 4.36. The van der Waals surface area contributed by atoms with Gasteiger partial charge in [-0.15, -0.1) is 10.2 Å². The molecule has 0 spiro atoms. The molecule has 2 aromatic rings. The SMILES string of the molecule is CC(C)c1nnc(SCC(=O)Nc2cc3c(cc2Br)OCCO3)n1C1CC1. The number of thioether (sulfide) groups is 1. The van der Waals surface area contributed by atoms with E-state index < -0.39 is 0 Å². The van der Waals surface area contributed by atoms with Gasteiger partial charge >= 0.3 is 0 Å². The van der Waals surface area contributed by atoms with Gasteiger partial charge in [0.25, 0.3) is 0 Å². The molecule has 7 nitrogen and oxygen atoms in total. The van der Waals surface area contributed by atoms with Crippen LogP contribution in [-0.2, 0) is 4.79 Å². The number of benzene rings is 1. The molecule has 1 fully saturated rings. The Morgan fingerprint density at radius 1 is 1.30 bits per heavy atom. The number of hydrogen-bond acceptors (Lipinski definition) is 6. The zero-order valence-electron chi connectivity index (χ0n) is 15.2. The van der Waals surface area contributed by atoms with Crippen LogP contribution in [0.3, 0.4) is 0 Å². The number of aromatic nitrogens is 3. The van der Waals surface area contributed by atoms with Gasteiger partial charge in [-0.05, 0) is 28.8 Å². The molecule has 9 heteroatoms. The summed E-state index contributed by atoms with van der Waals surface area (Å²) in [6.07, 6.45) is 2.31. The third kappa shape index (κ3) is 4.08. The van der Waals surface area contributed by atoms with Crippen LogP contribution in [0.5, 0.6) is 11.5 Å². The van der Waals surface area contributed by atoms with Crippen molar-refractivity contribution in [2.45, 2.75) is 43.8 Å². The number of anilines is 1. The summed E-state index contributed by atoms with van der Waals surface area (Å²) in [5.74, 6) is 2.80. The fraction of sp³-hybridized carbons (Fsp3) is 0.500. The zero-order valence-corrected chi connectivity index (χ0v) is 17.6. The Labute approximate surface area is 170 Å². The molecule has 2 heterocycles. The zero-order chi connectivity index (χ0) is 19.0. The smallest absolute Gasteiger partial charge is 0.234 e. The van der Waals surface area contributed by atoms with Gasteiger partial charge in [-0.2, -0.15) is 0 Å². The fourth-order valence-corrected chi connectivity index (χ4v) is 4.17. The highest BCUT2D eigenvalue weighted by Gasteiger charge is 2.30. The maximum absolute atomic E-state index is 12.5. The van der Waals surface area contributed by atoms with E-state index >= 15 is 0 Å². The third-order valence-corrected chi connectivity index (χ3v) is 5.96. The number of nitrogens with zero attached hydrogens (tertiary/aromatic N) is 3. The van der Waals surface area contributed by atoms with E-state index in [-0.39, 0.29) is 11.7 Å². The number of nitrogens with one attached hydrogen (secondary N) is 1. The minimum atomic E-state index is -0.103. The van der Waals surface area contributed by atoms with E-state index in [9.17, 15) is 4.79 Å². The molecule has 1 saturated carbocycles. The molecular formula is C18H21BrN4O3S. The van der Waals surface area contributed by atoms with Gasteiger partial charge in [0.1, 0.15) is 19.0 Å². The Kier molecular flexibility index (Phi) is 5.32. The lowest BCUT2D eigenvalue weighted by molar-refractivity contribution is -0.113. The van der Waals surface area contributed by atoms with E-state index in [4.69, 9.17) is 9.47 Å². The maximum atomic E-state index is 12.5. The molecule has 1 amide bonds. The van der Waals surface area contributed by atoms with Crippen LogP contribution in [-0.4, -0.2) is 39.6 Å². The molecule has 1 aliphatic carbocycles. The molecule has 0 radical (unpaired) electrons. The largest absolute Gasteiger partial charge is 0.486 e. The van der Waals surface area contributed by atoms with Gasteiger partial charge in [-0.3, -0.25) is 4.79 Å². The second kappa shape index (κ2) is 7.71. The quantitative estimate of drug-likeness (QED) is 0.667. The molecule has 1 N–H and O–H groups in total. The van der Waals surface area contributed by atoms with Crippen molar-refractivity contribution in [3.63, 3.8) is 0 Å². The van der Waals surface area contributed by atoms with Crippen molar-refractivity contribution < 1.29 is 14.3 Å². The van der Waals surface area contributed by atoms with E-state index in [2.05, 4.69) is 49.9 Å². The highest BCUT2D eigenvalue weighted by Crippen LogP contribution is 2.40. The van der Waals surface area contributed by atoms with Crippen molar-refractivity contribution in [1.82, 2.24) is 14.8 Å². The summed E-state index contributed by atoms with van der Waals surface area (Å²) in [7, 11) is 0. The number of carbonyl (C=O) groups is 1. The van der Waals surface area contributed by atoms with Gasteiger partial charge in [0, 0.05) is 28.6 Å². The number of carbonyl (C=O) groups excluding carboxylic acids is 1. The first-order valence-corrected chi connectivity index (χ1v) is 10.8. The summed E-state index contributed by atoms with van der Waals surface area (Å²) in [6.45, 7) is 5.27. The Bertz CT molecular complexity index is 867. The lowest BCUT2D eigenvalue weighted by Crippen LogP contribution is -2.18. The van der Waals surface area contributed by atoms with Crippen molar-refractivity contribution in [2.75, 3.05) is 24.3 Å². The van der Waals surface area contributed by atoms with E-state index in [1.807, 2.05) is 6.07 Å². The van der Waals surface area contributed by atoms with E-state index in [1.54, 1.807) is 6.07 Å². The van der Waals surface area contributed by atoms with Crippen molar-refractivity contribution >= 4 is 39.3 Å². The highest BCUT2D eigenvalue weighted by atomic mass is 79.9. The summed E-state index contributed by atoms with van der Waals surface area (Å²) in [4.78, 5) is 12.5. The fourth-order valence-electron chi connectivity index (χ4n) is 2.93. The number of halogens is 1. The van der Waals surface area contributed by atoms with Gasteiger partial charge in [-0.25, -0.2) is 0 Å². The minimum Gasteiger partial charge on any atom is -0.486 e. The first-order valence-electron chi connectivity index (χ1n) is 8.99. The van der Waals surface area contributed by atoms with Crippen LogP contribution >= 0.6 is 27.7 Å². The Morgan fingerprint density at radius 3 is 2.67 bits per heavy atom. The van der Waals surface area contributed by atoms with Crippen molar-refractivity contribution in [2.24, 2.45) is 0 Å². The Balaban J connectivity index is 1.42. The molecular weight excluding hydrogens is 432 g/mol. The normalized spacial score (nSPS) is 15.9. The Morgan fingerprint density at radius 2 is 2.00 bits per heavy atom. The standard InChI is InChI=1S/C18H21BrN4O3S/c1-10(2)17-21-22-18(23(17)11-3-4-11)27-9-16(24)20-13-8-15-14(7-12(13)19)25-5-6-26-15/h7-8,10-11H,3-6,9H2,1-2H3,(H,20,24).